The van der Waals surface area contributed by atoms with Gasteiger partial charge in [-0.05, 0) is 61.0 Å². The van der Waals surface area contributed by atoms with Crippen molar-refractivity contribution >= 4 is 5.97 Å². The van der Waals surface area contributed by atoms with Crippen LogP contribution in [-0.4, -0.2) is 36.5 Å². The van der Waals surface area contributed by atoms with Crippen LogP contribution in [0.4, 0.5) is 0 Å². The number of carbonyl (C=O) groups excluding carboxylic acids is 1. The highest BCUT2D eigenvalue weighted by molar-refractivity contribution is 5.71. The highest BCUT2D eigenvalue weighted by Gasteiger charge is 2.74. The zero-order chi connectivity index (χ0) is 19.2. The fourth-order valence-electron chi connectivity index (χ4n) is 7.29. The molecule has 0 unspecified atom stereocenters. The summed E-state index contributed by atoms with van der Waals surface area (Å²) >= 11 is 0. The van der Waals surface area contributed by atoms with Gasteiger partial charge in [0.2, 0.25) is 0 Å². The van der Waals surface area contributed by atoms with Crippen LogP contribution in [0.1, 0.15) is 66.2 Å². The summed E-state index contributed by atoms with van der Waals surface area (Å²) in [6.45, 7) is 8.92. The van der Waals surface area contributed by atoms with Crippen molar-refractivity contribution in [3.05, 3.63) is 11.6 Å². The van der Waals surface area contributed by atoms with Crippen molar-refractivity contribution in [2.75, 3.05) is 7.11 Å². The maximum absolute atomic E-state index is 12.5. The van der Waals surface area contributed by atoms with E-state index in [9.17, 15) is 4.79 Å². The molecule has 150 valence electrons. The molecule has 4 aliphatic heterocycles. The van der Waals surface area contributed by atoms with Crippen LogP contribution in [0, 0.1) is 22.7 Å². The van der Waals surface area contributed by atoms with Gasteiger partial charge in [0.15, 0.2) is 0 Å². The van der Waals surface area contributed by atoms with E-state index in [0.29, 0.717) is 18.3 Å². The van der Waals surface area contributed by atoms with E-state index in [-0.39, 0.29) is 34.6 Å². The van der Waals surface area contributed by atoms with Gasteiger partial charge in [-0.15, -0.1) is 0 Å². The molecule has 1 spiro atoms. The molecule has 4 heterocycles. The molecule has 2 saturated carbocycles. The minimum atomic E-state index is -0.565. The molecule has 5 heteroatoms. The summed E-state index contributed by atoms with van der Waals surface area (Å²) in [4.78, 5) is 25.1. The number of hydrogen-bond acceptors (Lipinski definition) is 5. The van der Waals surface area contributed by atoms with Gasteiger partial charge >= 0.3 is 5.97 Å². The standard InChI is InChI=1S/C22H32O5/c1-13(2)21-8-9-22(27-26-21)14(11-21)15(24-5)10-16-19(3)7-6-17(20(16,22)4)25-18(23)12-19/h11,13,15-17H,6-10,12H2,1-5H3/t15-,16+,17+,19+,20-,21-,22+/m1/s1. The van der Waals surface area contributed by atoms with Crippen molar-refractivity contribution in [3.8, 4) is 0 Å². The Hall–Kier alpha value is -0.910. The Labute approximate surface area is 161 Å². The molecule has 0 aromatic rings. The Bertz CT molecular complexity index is 703. The Kier molecular flexibility index (Phi) is 3.61. The van der Waals surface area contributed by atoms with E-state index < -0.39 is 5.60 Å². The van der Waals surface area contributed by atoms with Crippen molar-refractivity contribution in [2.24, 2.45) is 22.7 Å². The summed E-state index contributed by atoms with van der Waals surface area (Å²) < 4.78 is 12.0. The average Bonchev–Trinajstić information content (AvgIpc) is 2.85. The Morgan fingerprint density at radius 2 is 1.96 bits per heavy atom. The van der Waals surface area contributed by atoms with Crippen molar-refractivity contribution in [2.45, 2.75) is 89.6 Å². The molecule has 7 rings (SSSR count). The first-order valence-electron chi connectivity index (χ1n) is 10.5. The second kappa shape index (κ2) is 5.37. The van der Waals surface area contributed by atoms with Crippen LogP contribution in [0.5, 0.6) is 0 Å². The summed E-state index contributed by atoms with van der Waals surface area (Å²) in [5.74, 6) is 0.563. The lowest BCUT2D eigenvalue weighted by Crippen LogP contribution is -2.72. The minimum Gasteiger partial charge on any atom is -0.462 e. The maximum Gasteiger partial charge on any atom is 0.306 e. The zero-order valence-electron chi connectivity index (χ0n) is 17.2. The molecule has 4 bridgehead atoms. The van der Waals surface area contributed by atoms with E-state index in [0.717, 1.165) is 32.1 Å². The molecule has 0 amide bonds. The molecule has 27 heavy (non-hydrogen) atoms. The Morgan fingerprint density at radius 3 is 2.59 bits per heavy atom. The molecular formula is C22H32O5. The third kappa shape index (κ3) is 1.99. The lowest BCUT2D eigenvalue weighted by atomic mass is 9.42. The van der Waals surface area contributed by atoms with Crippen LogP contribution in [-0.2, 0) is 24.0 Å². The molecule has 0 aromatic carbocycles. The SMILES string of the molecule is CO[C@@H]1C[C@H]2[C@@]3(C)CC[C@H](OC(=O)C3)[C@]2(C)[C@]23CC[C@](C(C)C)(C=C12)OO3. The maximum atomic E-state index is 12.5. The van der Waals surface area contributed by atoms with Crippen molar-refractivity contribution in [1.82, 2.24) is 0 Å². The van der Waals surface area contributed by atoms with E-state index in [1.807, 2.05) is 0 Å². The topological polar surface area (TPSA) is 54.0 Å². The monoisotopic (exact) mass is 376 g/mol. The number of carbonyl (C=O) groups is 1. The van der Waals surface area contributed by atoms with Crippen molar-refractivity contribution in [3.63, 3.8) is 0 Å². The van der Waals surface area contributed by atoms with Gasteiger partial charge in [0.1, 0.15) is 17.3 Å². The molecule has 0 aromatic heterocycles. The highest BCUT2D eigenvalue weighted by atomic mass is 17.2. The smallest absolute Gasteiger partial charge is 0.306 e. The lowest BCUT2D eigenvalue weighted by molar-refractivity contribution is -0.472. The van der Waals surface area contributed by atoms with Gasteiger partial charge < -0.3 is 9.47 Å². The van der Waals surface area contributed by atoms with Crippen LogP contribution in [0.2, 0.25) is 0 Å². The molecule has 7 aliphatic rings. The first-order valence-corrected chi connectivity index (χ1v) is 10.5. The third-order valence-electron chi connectivity index (χ3n) is 9.04. The van der Waals surface area contributed by atoms with Crippen LogP contribution >= 0.6 is 0 Å². The molecule has 3 saturated heterocycles. The van der Waals surface area contributed by atoms with Gasteiger partial charge in [-0.2, -0.15) is 0 Å². The number of hydrogen-bond donors (Lipinski definition) is 0. The fourth-order valence-corrected chi connectivity index (χ4v) is 7.29. The number of rotatable bonds is 2. The lowest BCUT2D eigenvalue weighted by Gasteiger charge is -2.68. The largest absolute Gasteiger partial charge is 0.462 e. The number of ether oxygens (including phenoxy) is 2. The first-order chi connectivity index (χ1) is 12.7. The van der Waals surface area contributed by atoms with Gasteiger partial charge in [-0.1, -0.05) is 27.7 Å². The average molecular weight is 376 g/mol. The summed E-state index contributed by atoms with van der Waals surface area (Å²) in [7, 11) is 1.80. The van der Waals surface area contributed by atoms with E-state index in [2.05, 4.69) is 33.8 Å². The molecule has 0 radical (unpaired) electrons. The van der Waals surface area contributed by atoms with Crippen molar-refractivity contribution < 1.29 is 24.0 Å². The molecule has 5 nitrogen and oxygen atoms in total. The molecule has 0 N–H and O–H groups in total. The molecule has 7 atom stereocenters. The second-order valence-corrected chi connectivity index (χ2v) is 10.3. The number of esters is 1. The summed E-state index contributed by atoms with van der Waals surface area (Å²) in [5.41, 5.74) is -0.0898. The molecular weight excluding hydrogens is 344 g/mol. The van der Waals surface area contributed by atoms with Crippen molar-refractivity contribution in [1.29, 1.82) is 0 Å². The minimum absolute atomic E-state index is 0.0108. The van der Waals surface area contributed by atoms with Gasteiger partial charge in [-0.3, -0.25) is 4.79 Å². The zero-order valence-corrected chi connectivity index (χ0v) is 17.2. The Morgan fingerprint density at radius 1 is 1.19 bits per heavy atom. The number of methoxy groups -OCH3 is 1. The number of fused-ring (bicyclic) bond motifs is 5. The van der Waals surface area contributed by atoms with E-state index in [4.69, 9.17) is 19.2 Å². The second-order valence-electron chi connectivity index (χ2n) is 10.3. The normalized spacial score (nSPS) is 53.5. The molecule has 3 aliphatic carbocycles. The molecule has 5 fully saturated rings. The third-order valence-corrected chi connectivity index (χ3v) is 9.04. The van der Waals surface area contributed by atoms with E-state index in [1.54, 1.807) is 7.11 Å². The van der Waals surface area contributed by atoms with Gasteiger partial charge in [0, 0.05) is 12.5 Å². The van der Waals surface area contributed by atoms with Gasteiger partial charge in [-0.25, -0.2) is 9.78 Å². The predicted molar refractivity (Wildman–Crippen MR) is 98.6 cm³/mol. The quantitative estimate of drug-likeness (QED) is 0.415. The highest BCUT2D eigenvalue weighted by Crippen LogP contribution is 2.70. The van der Waals surface area contributed by atoms with E-state index >= 15 is 0 Å². The Balaban J connectivity index is 1.71. The summed E-state index contributed by atoms with van der Waals surface area (Å²) in [5, 5.41) is 0. The predicted octanol–water partition coefficient (Wildman–Crippen LogP) is 3.96. The van der Waals surface area contributed by atoms with Crippen LogP contribution in [0.15, 0.2) is 11.6 Å². The fraction of sp³-hybridized carbons (Fsp3) is 0.864. The summed E-state index contributed by atoms with van der Waals surface area (Å²) in [6.07, 6.45) is 7.36. The first kappa shape index (κ1) is 18.1. The van der Waals surface area contributed by atoms with Crippen LogP contribution < -0.4 is 0 Å². The van der Waals surface area contributed by atoms with Crippen LogP contribution in [0.3, 0.4) is 0 Å². The van der Waals surface area contributed by atoms with Crippen LogP contribution in [0.25, 0.3) is 0 Å². The van der Waals surface area contributed by atoms with E-state index in [1.165, 1.54) is 5.57 Å². The summed E-state index contributed by atoms with van der Waals surface area (Å²) in [6, 6.07) is 0. The van der Waals surface area contributed by atoms with Gasteiger partial charge in [0.25, 0.3) is 0 Å². The van der Waals surface area contributed by atoms with Gasteiger partial charge in [0.05, 0.1) is 12.5 Å².